The SMILES string of the molecule is CNc1cccc(C)c1COc1ccc(-c2ccc(OC)cc2)c(C(F)(F)F)c1. The van der Waals surface area contributed by atoms with Crippen molar-refractivity contribution in [1.82, 2.24) is 0 Å². The molecule has 29 heavy (non-hydrogen) atoms. The molecule has 0 heterocycles. The number of nitrogens with one attached hydrogen (secondary N) is 1. The van der Waals surface area contributed by atoms with Gasteiger partial charge in [-0.05, 0) is 53.9 Å². The highest BCUT2D eigenvalue weighted by Gasteiger charge is 2.34. The molecular weight excluding hydrogens is 379 g/mol. The van der Waals surface area contributed by atoms with Gasteiger partial charge in [0.15, 0.2) is 0 Å². The van der Waals surface area contributed by atoms with E-state index >= 15 is 0 Å². The van der Waals surface area contributed by atoms with E-state index in [1.54, 1.807) is 37.4 Å². The molecule has 0 unspecified atom stereocenters. The lowest BCUT2D eigenvalue weighted by molar-refractivity contribution is -0.137. The fourth-order valence-electron chi connectivity index (χ4n) is 3.15. The minimum absolute atomic E-state index is 0.0966. The highest BCUT2D eigenvalue weighted by molar-refractivity contribution is 5.69. The molecule has 152 valence electrons. The highest BCUT2D eigenvalue weighted by Crippen LogP contribution is 2.39. The van der Waals surface area contributed by atoms with Crippen LogP contribution in [-0.4, -0.2) is 14.2 Å². The Morgan fingerprint density at radius 3 is 2.24 bits per heavy atom. The van der Waals surface area contributed by atoms with Crippen LogP contribution in [0.2, 0.25) is 0 Å². The topological polar surface area (TPSA) is 30.5 Å². The molecule has 0 radical (unpaired) electrons. The lowest BCUT2D eigenvalue weighted by Gasteiger charge is -2.17. The van der Waals surface area contributed by atoms with Crippen LogP contribution in [0.25, 0.3) is 11.1 Å². The van der Waals surface area contributed by atoms with Crippen molar-refractivity contribution in [3.63, 3.8) is 0 Å². The number of aryl methyl sites for hydroxylation is 1. The van der Waals surface area contributed by atoms with Gasteiger partial charge in [0.05, 0.1) is 12.7 Å². The number of hydrogen-bond donors (Lipinski definition) is 1. The molecule has 3 aromatic rings. The first-order chi connectivity index (χ1) is 13.8. The fourth-order valence-corrected chi connectivity index (χ4v) is 3.15. The van der Waals surface area contributed by atoms with Crippen molar-refractivity contribution in [1.29, 1.82) is 0 Å². The van der Waals surface area contributed by atoms with Crippen LogP contribution in [-0.2, 0) is 12.8 Å². The van der Waals surface area contributed by atoms with Gasteiger partial charge in [-0.3, -0.25) is 0 Å². The van der Waals surface area contributed by atoms with Crippen LogP contribution in [0.4, 0.5) is 18.9 Å². The standard InChI is InChI=1S/C23H22F3NO2/c1-15-5-4-6-22(27-2)20(15)14-29-18-11-12-19(21(13-18)23(24,25)26)16-7-9-17(28-3)10-8-16/h4-13,27H,14H2,1-3H3. The summed E-state index contributed by atoms with van der Waals surface area (Å²) in [5, 5.41) is 3.08. The average Bonchev–Trinajstić information content (AvgIpc) is 2.72. The zero-order chi connectivity index (χ0) is 21.0. The number of hydrogen-bond acceptors (Lipinski definition) is 3. The van der Waals surface area contributed by atoms with Crippen molar-refractivity contribution in [2.45, 2.75) is 19.7 Å². The zero-order valence-corrected chi connectivity index (χ0v) is 16.4. The molecule has 0 saturated carbocycles. The summed E-state index contributed by atoms with van der Waals surface area (Å²) in [6.45, 7) is 2.11. The van der Waals surface area contributed by atoms with Gasteiger partial charge < -0.3 is 14.8 Å². The molecule has 0 aromatic heterocycles. The van der Waals surface area contributed by atoms with E-state index < -0.39 is 11.7 Å². The van der Waals surface area contributed by atoms with Crippen LogP contribution >= 0.6 is 0 Å². The maximum absolute atomic E-state index is 13.7. The molecule has 0 atom stereocenters. The highest BCUT2D eigenvalue weighted by atomic mass is 19.4. The lowest BCUT2D eigenvalue weighted by Crippen LogP contribution is -2.08. The molecule has 0 aliphatic rings. The lowest BCUT2D eigenvalue weighted by atomic mass is 9.99. The van der Waals surface area contributed by atoms with Gasteiger partial charge in [-0.15, -0.1) is 0 Å². The second-order valence-electron chi connectivity index (χ2n) is 6.57. The second-order valence-corrected chi connectivity index (χ2v) is 6.57. The van der Waals surface area contributed by atoms with Crippen LogP contribution in [0, 0.1) is 6.92 Å². The van der Waals surface area contributed by atoms with Gasteiger partial charge in [0, 0.05) is 18.3 Å². The Labute approximate surface area is 168 Å². The summed E-state index contributed by atoms with van der Waals surface area (Å²) in [5.74, 6) is 0.751. The number of ether oxygens (including phenoxy) is 2. The normalized spacial score (nSPS) is 11.2. The van der Waals surface area contributed by atoms with Crippen molar-refractivity contribution < 1.29 is 22.6 Å². The minimum Gasteiger partial charge on any atom is -0.497 e. The number of halogens is 3. The molecule has 0 fully saturated rings. The van der Waals surface area contributed by atoms with Crippen LogP contribution in [0.1, 0.15) is 16.7 Å². The van der Waals surface area contributed by atoms with Gasteiger partial charge in [-0.1, -0.05) is 30.3 Å². The van der Waals surface area contributed by atoms with Gasteiger partial charge in [-0.25, -0.2) is 0 Å². The Morgan fingerprint density at radius 2 is 1.62 bits per heavy atom. The molecule has 0 bridgehead atoms. The second kappa shape index (κ2) is 8.47. The Hall–Kier alpha value is -3.15. The van der Waals surface area contributed by atoms with E-state index in [-0.39, 0.29) is 17.9 Å². The monoisotopic (exact) mass is 401 g/mol. The molecule has 0 saturated heterocycles. The zero-order valence-electron chi connectivity index (χ0n) is 16.4. The molecule has 0 amide bonds. The van der Waals surface area contributed by atoms with E-state index in [1.807, 2.05) is 25.1 Å². The first kappa shape index (κ1) is 20.6. The Morgan fingerprint density at radius 1 is 0.931 bits per heavy atom. The molecule has 1 N–H and O–H groups in total. The first-order valence-electron chi connectivity index (χ1n) is 9.08. The van der Waals surface area contributed by atoms with E-state index in [4.69, 9.17) is 9.47 Å². The predicted octanol–water partition coefficient (Wildman–Crippen LogP) is 6.31. The van der Waals surface area contributed by atoms with Gasteiger partial charge in [0.25, 0.3) is 0 Å². The number of benzene rings is 3. The quantitative estimate of drug-likeness (QED) is 0.525. The Balaban J connectivity index is 1.92. The van der Waals surface area contributed by atoms with Gasteiger partial charge >= 0.3 is 6.18 Å². The van der Waals surface area contributed by atoms with Gasteiger partial charge in [0.2, 0.25) is 0 Å². The largest absolute Gasteiger partial charge is 0.497 e. The summed E-state index contributed by atoms with van der Waals surface area (Å²) in [6.07, 6.45) is -4.51. The number of anilines is 1. The molecule has 0 aliphatic carbocycles. The summed E-state index contributed by atoms with van der Waals surface area (Å²) in [6, 6.07) is 16.3. The average molecular weight is 401 g/mol. The summed E-state index contributed by atoms with van der Waals surface area (Å²) in [7, 11) is 3.31. The van der Waals surface area contributed by atoms with Crippen molar-refractivity contribution in [3.8, 4) is 22.6 Å². The molecule has 3 nitrogen and oxygen atoms in total. The maximum atomic E-state index is 13.7. The summed E-state index contributed by atoms with van der Waals surface area (Å²) >= 11 is 0. The Kier molecular flexibility index (Phi) is 6.01. The van der Waals surface area contributed by atoms with E-state index in [9.17, 15) is 13.2 Å². The summed E-state index contributed by atoms with van der Waals surface area (Å²) < 4.78 is 51.9. The predicted molar refractivity (Wildman–Crippen MR) is 108 cm³/mol. The molecular formula is C23H22F3NO2. The van der Waals surface area contributed by atoms with Crippen LogP contribution in [0.3, 0.4) is 0 Å². The van der Waals surface area contributed by atoms with Crippen molar-refractivity contribution in [3.05, 3.63) is 77.4 Å². The molecule has 0 spiro atoms. The Bertz CT molecular complexity index is 982. The van der Waals surface area contributed by atoms with Crippen molar-refractivity contribution in [2.75, 3.05) is 19.5 Å². The summed E-state index contributed by atoms with van der Waals surface area (Å²) in [5.41, 5.74) is 2.61. The van der Waals surface area contributed by atoms with Crippen LogP contribution < -0.4 is 14.8 Å². The van der Waals surface area contributed by atoms with Crippen LogP contribution in [0.15, 0.2) is 60.7 Å². The molecule has 0 aliphatic heterocycles. The molecule has 3 aromatic carbocycles. The summed E-state index contributed by atoms with van der Waals surface area (Å²) in [4.78, 5) is 0. The molecule has 6 heteroatoms. The third kappa shape index (κ3) is 4.65. The van der Waals surface area contributed by atoms with Crippen molar-refractivity contribution in [2.24, 2.45) is 0 Å². The van der Waals surface area contributed by atoms with E-state index in [1.165, 1.54) is 13.2 Å². The van der Waals surface area contributed by atoms with Gasteiger partial charge in [-0.2, -0.15) is 13.2 Å². The van der Waals surface area contributed by atoms with Crippen molar-refractivity contribution >= 4 is 5.69 Å². The van der Waals surface area contributed by atoms with Crippen LogP contribution in [0.5, 0.6) is 11.5 Å². The third-order valence-electron chi connectivity index (χ3n) is 4.76. The number of rotatable bonds is 6. The van der Waals surface area contributed by atoms with E-state index in [0.29, 0.717) is 11.3 Å². The van der Waals surface area contributed by atoms with Gasteiger partial charge in [0.1, 0.15) is 18.1 Å². The fraction of sp³-hybridized carbons (Fsp3) is 0.217. The van der Waals surface area contributed by atoms with E-state index in [2.05, 4.69) is 5.32 Å². The minimum atomic E-state index is -4.51. The number of alkyl halides is 3. The molecule has 3 rings (SSSR count). The number of methoxy groups -OCH3 is 1. The maximum Gasteiger partial charge on any atom is 0.417 e. The van der Waals surface area contributed by atoms with E-state index in [0.717, 1.165) is 22.9 Å². The smallest absolute Gasteiger partial charge is 0.417 e. The third-order valence-corrected chi connectivity index (χ3v) is 4.76. The first-order valence-corrected chi connectivity index (χ1v) is 9.08.